The largest absolute Gasteiger partial charge is 0.394 e. The molecule has 0 spiro atoms. The zero-order valence-corrected chi connectivity index (χ0v) is 13.5. The number of carbonyl (C=O) groups excluding carboxylic acids is 1. The van der Waals surface area contributed by atoms with E-state index in [0.717, 1.165) is 5.56 Å². The van der Waals surface area contributed by atoms with E-state index in [1.54, 1.807) is 0 Å². The van der Waals surface area contributed by atoms with E-state index in [1.807, 2.05) is 44.2 Å². The van der Waals surface area contributed by atoms with Gasteiger partial charge in [0.1, 0.15) is 0 Å². The highest BCUT2D eigenvalue weighted by Gasteiger charge is 2.27. The van der Waals surface area contributed by atoms with Crippen molar-refractivity contribution in [3.05, 3.63) is 35.9 Å². The molecule has 0 aliphatic carbocycles. The van der Waals surface area contributed by atoms with Crippen molar-refractivity contribution < 1.29 is 19.7 Å². The van der Waals surface area contributed by atoms with Crippen LogP contribution in [-0.2, 0) is 16.1 Å². The molecule has 5 nitrogen and oxygen atoms in total. The van der Waals surface area contributed by atoms with Crippen LogP contribution >= 0.6 is 0 Å². The molecule has 0 aliphatic heterocycles. The maximum absolute atomic E-state index is 11.1. The van der Waals surface area contributed by atoms with Gasteiger partial charge in [0.2, 0.25) is 5.91 Å². The summed E-state index contributed by atoms with van der Waals surface area (Å²) < 4.78 is 5.55. The van der Waals surface area contributed by atoms with E-state index in [0.29, 0.717) is 6.61 Å². The van der Waals surface area contributed by atoms with E-state index >= 15 is 0 Å². The molecule has 1 aromatic rings. The average Bonchev–Trinajstić information content (AvgIpc) is 2.51. The highest BCUT2D eigenvalue weighted by Crippen LogP contribution is 2.20. The Hall–Kier alpha value is -1.43. The molecule has 22 heavy (non-hydrogen) atoms. The monoisotopic (exact) mass is 309 g/mol. The Labute approximate surface area is 132 Å². The highest BCUT2D eigenvalue weighted by atomic mass is 16.5. The van der Waals surface area contributed by atoms with E-state index in [1.165, 1.54) is 6.92 Å². The smallest absolute Gasteiger partial charge is 0.217 e. The van der Waals surface area contributed by atoms with Crippen molar-refractivity contribution in [2.45, 2.75) is 39.5 Å². The van der Waals surface area contributed by atoms with Crippen molar-refractivity contribution in [3.8, 4) is 0 Å². The fraction of sp³-hybridized carbons (Fsp3) is 0.588. The number of ether oxygens (including phenoxy) is 1. The number of aliphatic hydroxyl groups excluding tert-OH is 2. The van der Waals surface area contributed by atoms with Crippen LogP contribution in [0.5, 0.6) is 0 Å². The lowest BCUT2D eigenvalue weighted by atomic mass is 9.85. The third-order valence-corrected chi connectivity index (χ3v) is 4.06. The Kier molecular flexibility index (Phi) is 8.09. The van der Waals surface area contributed by atoms with Gasteiger partial charge in [0.05, 0.1) is 32.0 Å². The number of benzene rings is 1. The second kappa shape index (κ2) is 9.56. The molecule has 1 aromatic carbocycles. The predicted octanol–water partition coefficient (Wildman–Crippen LogP) is 1.33. The number of carbonyl (C=O) groups is 1. The van der Waals surface area contributed by atoms with Gasteiger partial charge in [-0.05, 0) is 17.4 Å². The molecule has 0 fully saturated rings. The number of hydrogen-bond donors (Lipinski definition) is 3. The van der Waals surface area contributed by atoms with Gasteiger partial charge in [-0.15, -0.1) is 0 Å². The van der Waals surface area contributed by atoms with Crippen LogP contribution in [0.4, 0.5) is 0 Å². The zero-order chi connectivity index (χ0) is 16.5. The third-order valence-electron chi connectivity index (χ3n) is 4.06. The molecule has 0 aliphatic rings. The van der Waals surface area contributed by atoms with Gasteiger partial charge in [-0.25, -0.2) is 0 Å². The maximum atomic E-state index is 11.1. The van der Waals surface area contributed by atoms with Crippen molar-refractivity contribution in [1.82, 2.24) is 5.32 Å². The van der Waals surface area contributed by atoms with Crippen LogP contribution in [0.1, 0.15) is 26.3 Å². The number of rotatable bonds is 9. The quantitative estimate of drug-likeness (QED) is 0.643. The normalized spacial score (nSPS) is 16.6. The molecule has 0 radical (unpaired) electrons. The SMILES string of the molecule is CC(=O)NC(CO)C(C)C(C)C(O)COCc1ccccc1. The van der Waals surface area contributed by atoms with Gasteiger partial charge in [0.25, 0.3) is 0 Å². The van der Waals surface area contributed by atoms with Crippen LogP contribution in [0.3, 0.4) is 0 Å². The summed E-state index contributed by atoms with van der Waals surface area (Å²) in [5, 5.41) is 22.3. The second-order valence-electron chi connectivity index (χ2n) is 5.78. The molecule has 4 unspecified atom stereocenters. The van der Waals surface area contributed by atoms with Crippen molar-refractivity contribution in [2.24, 2.45) is 11.8 Å². The molecule has 1 rings (SSSR count). The van der Waals surface area contributed by atoms with Gasteiger partial charge < -0.3 is 20.3 Å². The first-order valence-corrected chi connectivity index (χ1v) is 7.63. The average molecular weight is 309 g/mol. The summed E-state index contributed by atoms with van der Waals surface area (Å²) in [6.45, 7) is 5.74. The molecule has 5 heteroatoms. The van der Waals surface area contributed by atoms with Gasteiger partial charge in [-0.1, -0.05) is 44.2 Å². The fourth-order valence-corrected chi connectivity index (χ4v) is 2.34. The minimum Gasteiger partial charge on any atom is -0.394 e. The third kappa shape index (κ3) is 6.13. The summed E-state index contributed by atoms with van der Waals surface area (Å²) in [6, 6.07) is 9.40. The minimum absolute atomic E-state index is 0.0655. The summed E-state index contributed by atoms with van der Waals surface area (Å²) >= 11 is 0. The summed E-state index contributed by atoms with van der Waals surface area (Å²) in [5.74, 6) is -0.364. The van der Waals surface area contributed by atoms with Crippen LogP contribution in [0.15, 0.2) is 30.3 Å². The number of amides is 1. The Morgan fingerprint density at radius 3 is 2.41 bits per heavy atom. The fourth-order valence-electron chi connectivity index (χ4n) is 2.34. The van der Waals surface area contributed by atoms with E-state index in [4.69, 9.17) is 4.74 Å². The molecule has 1 amide bonds. The zero-order valence-electron chi connectivity index (χ0n) is 13.5. The molecule has 0 saturated heterocycles. The van der Waals surface area contributed by atoms with Crippen LogP contribution in [0, 0.1) is 11.8 Å². The first kappa shape index (κ1) is 18.6. The predicted molar refractivity (Wildman–Crippen MR) is 85.1 cm³/mol. The molecular formula is C17H27NO4. The number of hydrogen-bond acceptors (Lipinski definition) is 4. The van der Waals surface area contributed by atoms with Crippen molar-refractivity contribution in [1.29, 1.82) is 0 Å². The summed E-state index contributed by atoms with van der Waals surface area (Å²) in [7, 11) is 0. The lowest BCUT2D eigenvalue weighted by molar-refractivity contribution is -0.120. The topological polar surface area (TPSA) is 78.8 Å². The standard InChI is InChI=1S/C17H27NO4/c1-12(16(9-19)18-14(3)20)13(2)17(21)11-22-10-15-7-5-4-6-8-15/h4-8,12-13,16-17,19,21H,9-11H2,1-3H3,(H,18,20). The van der Waals surface area contributed by atoms with Gasteiger partial charge in [-0.2, -0.15) is 0 Å². The Morgan fingerprint density at radius 2 is 1.86 bits per heavy atom. The van der Waals surface area contributed by atoms with E-state index < -0.39 is 6.10 Å². The molecule has 124 valence electrons. The van der Waals surface area contributed by atoms with Gasteiger partial charge in [0.15, 0.2) is 0 Å². The van der Waals surface area contributed by atoms with Crippen LogP contribution in [-0.4, -0.2) is 41.5 Å². The molecule has 0 heterocycles. The summed E-state index contributed by atoms with van der Waals surface area (Å²) in [4.78, 5) is 11.1. The molecule has 0 saturated carbocycles. The summed E-state index contributed by atoms with van der Waals surface area (Å²) in [6.07, 6.45) is -0.651. The van der Waals surface area contributed by atoms with Gasteiger partial charge >= 0.3 is 0 Å². The molecule has 0 bridgehead atoms. The van der Waals surface area contributed by atoms with Gasteiger partial charge in [0, 0.05) is 6.92 Å². The lowest BCUT2D eigenvalue weighted by Crippen LogP contribution is -2.45. The van der Waals surface area contributed by atoms with E-state index in [-0.39, 0.29) is 37.0 Å². The number of aliphatic hydroxyl groups is 2. The van der Waals surface area contributed by atoms with Crippen molar-refractivity contribution in [2.75, 3.05) is 13.2 Å². The van der Waals surface area contributed by atoms with Crippen LogP contribution in [0.2, 0.25) is 0 Å². The van der Waals surface area contributed by atoms with Crippen molar-refractivity contribution in [3.63, 3.8) is 0 Å². The van der Waals surface area contributed by atoms with E-state index in [9.17, 15) is 15.0 Å². The van der Waals surface area contributed by atoms with Crippen molar-refractivity contribution >= 4 is 5.91 Å². The van der Waals surface area contributed by atoms with Gasteiger partial charge in [-0.3, -0.25) is 4.79 Å². The van der Waals surface area contributed by atoms with E-state index in [2.05, 4.69) is 5.32 Å². The molecule has 3 N–H and O–H groups in total. The maximum Gasteiger partial charge on any atom is 0.217 e. The molecule has 4 atom stereocenters. The second-order valence-corrected chi connectivity index (χ2v) is 5.78. The molecule has 0 aromatic heterocycles. The Balaban J connectivity index is 2.42. The van der Waals surface area contributed by atoms with Crippen LogP contribution < -0.4 is 5.32 Å². The first-order valence-electron chi connectivity index (χ1n) is 7.63. The number of nitrogens with one attached hydrogen (secondary N) is 1. The summed E-state index contributed by atoms with van der Waals surface area (Å²) in [5.41, 5.74) is 1.06. The van der Waals surface area contributed by atoms with Crippen LogP contribution in [0.25, 0.3) is 0 Å². The molecular weight excluding hydrogens is 282 g/mol. The Bertz CT molecular complexity index is 438. The Morgan fingerprint density at radius 1 is 1.23 bits per heavy atom. The first-order chi connectivity index (χ1) is 10.5. The highest BCUT2D eigenvalue weighted by molar-refractivity contribution is 5.73. The minimum atomic E-state index is -0.651. The lowest BCUT2D eigenvalue weighted by Gasteiger charge is -2.31.